The average molecular weight is 180 g/mol. The Kier molecular flexibility index (Phi) is 4.45. The van der Waals surface area contributed by atoms with Gasteiger partial charge in [0.2, 0.25) is 0 Å². The van der Waals surface area contributed by atoms with E-state index in [9.17, 15) is 4.79 Å². The van der Waals surface area contributed by atoms with Crippen molar-refractivity contribution in [1.82, 2.24) is 0 Å². The predicted molar refractivity (Wildman–Crippen MR) is 44.6 cm³/mol. The van der Waals surface area contributed by atoms with Crippen LogP contribution in [0.2, 0.25) is 0 Å². The molecule has 0 bridgehead atoms. The highest BCUT2D eigenvalue weighted by atomic mass is 35.5. The van der Waals surface area contributed by atoms with Gasteiger partial charge in [-0.05, 0) is 12.8 Å². The molecular formula is C7H14ClNO2. The number of carbonyl (C=O) groups is 1. The normalized spacial score (nSPS) is 29.3. The first kappa shape index (κ1) is 10.7. The number of nitrogens with two attached hydrogens (primary N) is 1. The average Bonchev–Trinajstić information content (AvgIpc) is 2.34. The smallest absolute Gasteiger partial charge is 0.310 e. The van der Waals surface area contributed by atoms with Crippen molar-refractivity contribution in [3.8, 4) is 0 Å². The van der Waals surface area contributed by atoms with E-state index in [1.807, 2.05) is 0 Å². The SMILES string of the molecule is COC(=O)[C@@H]1CCC[C@@H]1N.Cl. The number of methoxy groups -OCH3 is 1. The minimum Gasteiger partial charge on any atom is -0.469 e. The quantitative estimate of drug-likeness (QED) is 0.604. The summed E-state index contributed by atoms with van der Waals surface area (Å²) in [5.41, 5.74) is 5.65. The number of hydrogen-bond donors (Lipinski definition) is 1. The Morgan fingerprint density at radius 2 is 2.18 bits per heavy atom. The number of hydrogen-bond acceptors (Lipinski definition) is 3. The van der Waals surface area contributed by atoms with E-state index in [-0.39, 0.29) is 30.3 Å². The van der Waals surface area contributed by atoms with E-state index in [0.29, 0.717) is 0 Å². The molecule has 1 rings (SSSR count). The second kappa shape index (κ2) is 4.57. The molecule has 0 aliphatic heterocycles. The lowest BCUT2D eigenvalue weighted by Crippen LogP contribution is -2.31. The van der Waals surface area contributed by atoms with Gasteiger partial charge in [-0.1, -0.05) is 6.42 Å². The predicted octanol–water partition coefficient (Wildman–Crippen LogP) is 0.709. The topological polar surface area (TPSA) is 52.3 Å². The van der Waals surface area contributed by atoms with Crippen molar-refractivity contribution in [3.63, 3.8) is 0 Å². The van der Waals surface area contributed by atoms with Crippen molar-refractivity contribution in [3.05, 3.63) is 0 Å². The van der Waals surface area contributed by atoms with Gasteiger partial charge < -0.3 is 10.5 Å². The molecule has 0 amide bonds. The van der Waals surface area contributed by atoms with Crippen molar-refractivity contribution in [2.75, 3.05) is 7.11 Å². The van der Waals surface area contributed by atoms with E-state index >= 15 is 0 Å². The molecule has 2 N–H and O–H groups in total. The molecule has 0 heterocycles. The van der Waals surface area contributed by atoms with Gasteiger partial charge in [0.25, 0.3) is 0 Å². The molecule has 1 fully saturated rings. The maximum Gasteiger partial charge on any atom is 0.310 e. The first-order valence-corrected chi connectivity index (χ1v) is 3.59. The molecular weight excluding hydrogens is 166 g/mol. The van der Waals surface area contributed by atoms with Crippen LogP contribution in [-0.4, -0.2) is 19.1 Å². The number of esters is 1. The molecule has 0 aromatic heterocycles. The molecule has 3 nitrogen and oxygen atoms in total. The third kappa shape index (κ3) is 2.34. The molecule has 1 saturated carbocycles. The summed E-state index contributed by atoms with van der Waals surface area (Å²) in [6, 6.07) is 0.0347. The molecule has 1 aliphatic rings. The first-order valence-electron chi connectivity index (χ1n) is 3.59. The van der Waals surface area contributed by atoms with Crippen LogP contribution in [0.3, 0.4) is 0 Å². The molecule has 66 valence electrons. The largest absolute Gasteiger partial charge is 0.469 e. The van der Waals surface area contributed by atoms with E-state index in [4.69, 9.17) is 5.73 Å². The zero-order chi connectivity index (χ0) is 7.56. The number of carbonyl (C=O) groups excluding carboxylic acids is 1. The summed E-state index contributed by atoms with van der Waals surface area (Å²) in [7, 11) is 1.41. The summed E-state index contributed by atoms with van der Waals surface area (Å²) in [6.07, 6.45) is 2.91. The molecule has 2 atom stereocenters. The Labute approximate surface area is 72.7 Å². The van der Waals surface area contributed by atoms with Crippen LogP contribution in [0.15, 0.2) is 0 Å². The van der Waals surface area contributed by atoms with Gasteiger partial charge in [0, 0.05) is 6.04 Å². The fourth-order valence-corrected chi connectivity index (χ4v) is 1.43. The van der Waals surface area contributed by atoms with Crippen molar-refractivity contribution < 1.29 is 9.53 Å². The number of rotatable bonds is 1. The molecule has 0 aromatic carbocycles. The zero-order valence-electron chi connectivity index (χ0n) is 6.58. The van der Waals surface area contributed by atoms with Gasteiger partial charge in [-0.15, -0.1) is 12.4 Å². The van der Waals surface area contributed by atoms with Crippen molar-refractivity contribution in [2.45, 2.75) is 25.3 Å². The van der Waals surface area contributed by atoms with Crippen LogP contribution in [0.1, 0.15) is 19.3 Å². The van der Waals surface area contributed by atoms with Gasteiger partial charge in [-0.2, -0.15) is 0 Å². The fraction of sp³-hybridized carbons (Fsp3) is 0.857. The Hall–Kier alpha value is -0.280. The first-order chi connectivity index (χ1) is 4.75. The van der Waals surface area contributed by atoms with Gasteiger partial charge in [0.05, 0.1) is 13.0 Å². The highest BCUT2D eigenvalue weighted by Crippen LogP contribution is 2.24. The molecule has 0 radical (unpaired) electrons. The Balaban J connectivity index is 0.000001000. The van der Waals surface area contributed by atoms with Crippen LogP contribution < -0.4 is 5.73 Å². The third-order valence-electron chi connectivity index (χ3n) is 2.07. The van der Waals surface area contributed by atoms with E-state index < -0.39 is 0 Å². The van der Waals surface area contributed by atoms with Crippen molar-refractivity contribution in [2.24, 2.45) is 11.7 Å². The number of ether oxygens (including phenoxy) is 1. The van der Waals surface area contributed by atoms with E-state index in [1.165, 1.54) is 7.11 Å². The molecule has 11 heavy (non-hydrogen) atoms. The van der Waals surface area contributed by atoms with Gasteiger partial charge >= 0.3 is 5.97 Å². The minimum atomic E-state index is -0.148. The van der Waals surface area contributed by atoms with Crippen LogP contribution in [0, 0.1) is 5.92 Å². The molecule has 0 spiro atoms. The summed E-state index contributed by atoms with van der Waals surface area (Å²) in [4.78, 5) is 10.9. The van der Waals surface area contributed by atoms with Gasteiger partial charge in [-0.3, -0.25) is 4.79 Å². The van der Waals surface area contributed by atoms with E-state index in [1.54, 1.807) is 0 Å². The maximum absolute atomic E-state index is 10.9. The highest BCUT2D eigenvalue weighted by molar-refractivity contribution is 5.85. The van der Waals surface area contributed by atoms with Crippen LogP contribution >= 0.6 is 12.4 Å². The lowest BCUT2D eigenvalue weighted by atomic mass is 10.1. The highest BCUT2D eigenvalue weighted by Gasteiger charge is 2.30. The summed E-state index contributed by atoms with van der Waals surface area (Å²) < 4.78 is 4.59. The zero-order valence-corrected chi connectivity index (χ0v) is 7.39. The van der Waals surface area contributed by atoms with Crippen LogP contribution in [-0.2, 0) is 9.53 Å². The van der Waals surface area contributed by atoms with Crippen LogP contribution in [0.4, 0.5) is 0 Å². The van der Waals surface area contributed by atoms with E-state index in [0.717, 1.165) is 19.3 Å². The van der Waals surface area contributed by atoms with Crippen molar-refractivity contribution >= 4 is 18.4 Å². The van der Waals surface area contributed by atoms with Crippen LogP contribution in [0.5, 0.6) is 0 Å². The fourth-order valence-electron chi connectivity index (χ4n) is 1.43. The molecule has 1 aliphatic carbocycles. The van der Waals surface area contributed by atoms with Gasteiger partial charge in [0.15, 0.2) is 0 Å². The lowest BCUT2D eigenvalue weighted by Gasteiger charge is -2.11. The monoisotopic (exact) mass is 179 g/mol. The van der Waals surface area contributed by atoms with Gasteiger partial charge in [0.1, 0.15) is 0 Å². The molecule has 0 saturated heterocycles. The van der Waals surface area contributed by atoms with Gasteiger partial charge in [-0.25, -0.2) is 0 Å². The number of halogens is 1. The second-order valence-corrected chi connectivity index (χ2v) is 2.72. The summed E-state index contributed by atoms with van der Waals surface area (Å²) in [5.74, 6) is -0.185. The Morgan fingerprint density at radius 1 is 1.55 bits per heavy atom. The third-order valence-corrected chi connectivity index (χ3v) is 2.07. The lowest BCUT2D eigenvalue weighted by molar-refractivity contribution is -0.145. The Morgan fingerprint density at radius 3 is 2.55 bits per heavy atom. The van der Waals surface area contributed by atoms with Crippen LogP contribution in [0.25, 0.3) is 0 Å². The van der Waals surface area contributed by atoms with E-state index in [2.05, 4.69) is 4.74 Å². The summed E-state index contributed by atoms with van der Waals surface area (Å²) >= 11 is 0. The molecule has 0 unspecified atom stereocenters. The maximum atomic E-state index is 10.9. The minimum absolute atomic E-state index is 0. The molecule has 4 heteroatoms. The summed E-state index contributed by atoms with van der Waals surface area (Å²) in [6.45, 7) is 0. The second-order valence-electron chi connectivity index (χ2n) is 2.72. The molecule has 0 aromatic rings. The standard InChI is InChI=1S/C7H13NO2.ClH/c1-10-7(9)5-3-2-4-6(5)8;/h5-6H,2-4,8H2,1H3;1H/t5-,6+;/m1./s1. The Bertz CT molecular complexity index is 140. The summed E-state index contributed by atoms with van der Waals surface area (Å²) in [5, 5.41) is 0. The van der Waals surface area contributed by atoms with Crippen molar-refractivity contribution in [1.29, 1.82) is 0 Å².